The van der Waals surface area contributed by atoms with Crippen LogP contribution >= 0.6 is 0 Å². The molecule has 2 aliphatic rings. The first-order chi connectivity index (χ1) is 10.6. The molecule has 3 rings (SSSR count). The van der Waals surface area contributed by atoms with E-state index in [9.17, 15) is 4.79 Å². The molecular weight excluding hydrogens is 276 g/mol. The summed E-state index contributed by atoms with van der Waals surface area (Å²) in [5, 5.41) is 0. The molecule has 0 aromatic heterocycles. The Balaban J connectivity index is 1.80. The van der Waals surface area contributed by atoms with Gasteiger partial charge in [0.05, 0.1) is 24.6 Å². The van der Waals surface area contributed by atoms with Crippen LogP contribution in [0.1, 0.15) is 13.8 Å². The molecule has 114 valence electrons. The molecule has 0 atom stereocenters. The monoisotopic (exact) mass is 296 g/mol. The van der Waals surface area contributed by atoms with Gasteiger partial charge in [0.25, 0.3) is 0 Å². The lowest BCUT2D eigenvalue weighted by Crippen LogP contribution is -2.36. The maximum atomic E-state index is 11.6. The Morgan fingerprint density at radius 2 is 1.68 bits per heavy atom. The fourth-order valence-electron chi connectivity index (χ4n) is 2.60. The third kappa shape index (κ3) is 3.02. The van der Waals surface area contributed by atoms with E-state index in [1.54, 1.807) is 12.2 Å². The van der Waals surface area contributed by atoms with Crippen molar-refractivity contribution in [3.05, 3.63) is 47.6 Å². The van der Waals surface area contributed by atoms with E-state index in [1.807, 2.05) is 26.0 Å². The van der Waals surface area contributed by atoms with Gasteiger partial charge in [-0.25, -0.2) is 4.99 Å². The van der Waals surface area contributed by atoms with Crippen LogP contribution in [-0.2, 0) is 9.53 Å². The second-order valence-electron chi connectivity index (χ2n) is 5.56. The number of anilines is 1. The highest BCUT2D eigenvalue weighted by atomic mass is 16.5. The highest BCUT2D eigenvalue weighted by Gasteiger charge is 2.14. The number of aliphatic imine (C=N–C) groups is 1. The molecule has 0 bridgehead atoms. The third-order valence-corrected chi connectivity index (χ3v) is 4.18. The summed E-state index contributed by atoms with van der Waals surface area (Å²) >= 11 is 0. The minimum atomic E-state index is 0.0686. The highest BCUT2D eigenvalue weighted by molar-refractivity contribution is 6.22. The molecule has 0 amide bonds. The Morgan fingerprint density at radius 3 is 2.36 bits per heavy atom. The van der Waals surface area contributed by atoms with Crippen LogP contribution < -0.4 is 4.90 Å². The Kier molecular flexibility index (Phi) is 4.20. The molecule has 1 saturated heterocycles. The Bertz CT molecular complexity index is 663. The molecule has 1 aromatic rings. The first kappa shape index (κ1) is 14.7. The molecule has 1 aliphatic carbocycles. The van der Waals surface area contributed by atoms with E-state index < -0.39 is 0 Å². The van der Waals surface area contributed by atoms with E-state index >= 15 is 0 Å². The summed E-state index contributed by atoms with van der Waals surface area (Å²) < 4.78 is 5.37. The van der Waals surface area contributed by atoms with Crippen molar-refractivity contribution in [2.24, 2.45) is 4.99 Å². The number of morpholine rings is 1. The molecule has 1 aliphatic heterocycles. The number of benzene rings is 1. The van der Waals surface area contributed by atoms with Crippen molar-refractivity contribution in [1.82, 2.24) is 0 Å². The zero-order valence-corrected chi connectivity index (χ0v) is 13.0. The van der Waals surface area contributed by atoms with Gasteiger partial charge in [-0.15, -0.1) is 0 Å². The van der Waals surface area contributed by atoms with Crippen molar-refractivity contribution in [3.8, 4) is 0 Å². The van der Waals surface area contributed by atoms with Gasteiger partial charge < -0.3 is 9.64 Å². The maximum absolute atomic E-state index is 11.6. The van der Waals surface area contributed by atoms with Gasteiger partial charge >= 0.3 is 0 Å². The van der Waals surface area contributed by atoms with Crippen LogP contribution in [-0.4, -0.2) is 37.8 Å². The zero-order chi connectivity index (χ0) is 15.5. The first-order valence-electron chi connectivity index (χ1n) is 7.57. The molecule has 0 spiro atoms. The van der Waals surface area contributed by atoms with Crippen molar-refractivity contribution >= 4 is 22.9 Å². The van der Waals surface area contributed by atoms with E-state index in [0.29, 0.717) is 0 Å². The van der Waals surface area contributed by atoms with Crippen LogP contribution in [0.15, 0.2) is 52.6 Å². The van der Waals surface area contributed by atoms with Crippen molar-refractivity contribution in [2.75, 3.05) is 31.2 Å². The molecule has 4 nitrogen and oxygen atoms in total. The Hall–Kier alpha value is -2.20. The van der Waals surface area contributed by atoms with E-state index in [4.69, 9.17) is 4.74 Å². The molecular formula is C18H20N2O2. The topological polar surface area (TPSA) is 41.9 Å². The van der Waals surface area contributed by atoms with Gasteiger partial charge in [0.1, 0.15) is 0 Å². The summed E-state index contributed by atoms with van der Waals surface area (Å²) in [7, 11) is 0. The number of rotatable bonds is 2. The fourth-order valence-corrected chi connectivity index (χ4v) is 2.60. The van der Waals surface area contributed by atoms with Gasteiger partial charge in [0.15, 0.2) is 5.78 Å². The normalized spacial score (nSPS) is 20.9. The van der Waals surface area contributed by atoms with Crippen LogP contribution in [0.5, 0.6) is 0 Å². The number of carbonyl (C=O) groups excluding carboxylic acids is 1. The number of ether oxygens (including phenoxy) is 1. The number of hydrogen-bond acceptors (Lipinski definition) is 4. The summed E-state index contributed by atoms with van der Waals surface area (Å²) in [4.78, 5) is 18.6. The maximum Gasteiger partial charge on any atom is 0.181 e. The van der Waals surface area contributed by atoms with Gasteiger partial charge in [-0.2, -0.15) is 0 Å². The predicted molar refractivity (Wildman–Crippen MR) is 89.1 cm³/mol. The standard InChI is InChI=1S/C18H20N2O2/c1-13-14(2)18(21)8-7-17(13)19-15-3-5-16(6-4-15)20-9-11-22-12-10-20/h3-8H,9-12H2,1-2H3/b19-17-. The minimum Gasteiger partial charge on any atom is -0.378 e. The molecule has 22 heavy (non-hydrogen) atoms. The van der Waals surface area contributed by atoms with Crippen LogP contribution in [0.2, 0.25) is 0 Å². The number of nitrogens with zero attached hydrogens (tertiary/aromatic N) is 2. The van der Waals surface area contributed by atoms with Crippen LogP contribution in [0, 0.1) is 0 Å². The van der Waals surface area contributed by atoms with Crippen LogP contribution in [0.4, 0.5) is 11.4 Å². The number of ketones is 1. The molecule has 4 heteroatoms. The Labute approximate surface area is 130 Å². The Morgan fingerprint density at radius 1 is 1.00 bits per heavy atom. The van der Waals surface area contributed by atoms with E-state index in [-0.39, 0.29) is 5.78 Å². The summed E-state index contributed by atoms with van der Waals surface area (Å²) in [6.07, 6.45) is 3.38. The molecule has 1 fully saturated rings. The van der Waals surface area contributed by atoms with E-state index in [0.717, 1.165) is 48.8 Å². The first-order valence-corrected chi connectivity index (χ1v) is 7.57. The average Bonchev–Trinajstić information content (AvgIpc) is 2.57. The van der Waals surface area contributed by atoms with Gasteiger partial charge in [-0.05, 0) is 55.8 Å². The second kappa shape index (κ2) is 6.28. The van der Waals surface area contributed by atoms with Crippen LogP contribution in [0.25, 0.3) is 0 Å². The molecule has 0 unspecified atom stereocenters. The van der Waals surface area contributed by atoms with Crippen molar-refractivity contribution < 1.29 is 9.53 Å². The van der Waals surface area contributed by atoms with Gasteiger partial charge in [-0.1, -0.05) is 0 Å². The lowest BCUT2D eigenvalue weighted by molar-refractivity contribution is -0.111. The summed E-state index contributed by atoms with van der Waals surface area (Å²) in [6.45, 7) is 7.22. The second-order valence-corrected chi connectivity index (χ2v) is 5.56. The molecule has 1 aromatic carbocycles. The largest absolute Gasteiger partial charge is 0.378 e. The molecule has 1 heterocycles. The highest BCUT2D eigenvalue weighted by Crippen LogP contribution is 2.23. The number of carbonyl (C=O) groups is 1. The number of hydrogen-bond donors (Lipinski definition) is 0. The summed E-state index contributed by atoms with van der Waals surface area (Å²) in [5.74, 6) is 0.0686. The zero-order valence-electron chi connectivity index (χ0n) is 13.0. The summed E-state index contributed by atoms with van der Waals surface area (Å²) in [6, 6.07) is 8.22. The van der Waals surface area contributed by atoms with E-state index in [1.165, 1.54) is 5.69 Å². The third-order valence-electron chi connectivity index (χ3n) is 4.18. The van der Waals surface area contributed by atoms with Gasteiger partial charge in [-0.3, -0.25) is 4.79 Å². The van der Waals surface area contributed by atoms with Gasteiger partial charge in [0, 0.05) is 24.4 Å². The quantitative estimate of drug-likeness (QED) is 0.788. The van der Waals surface area contributed by atoms with Crippen molar-refractivity contribution in [1.29, 1.82) is 0 Å². The predicted octanol–water partition coefficient (Wildman–Crippen LogP) is 3.07. The van der Waals surface area contributed by atoms with Gasteiger partial charge in [0.2, 0.25) is 0 Å². The summed E-state index contributed by atoms with van der Waals surface area (Å²) in [5.41, 5.74) is 4.68. The minimum absolute atomic E-state index is 0.0686. The average molecular weight is 296 g/mol. The molecule has 0 N–H and O–H groups in total. The smallest absolute Gasteiger partial charge is 0.181 e. The van der Waals surface area contributed by atoms with Crippen LogP contribution in [0.3, 0.4) is 0 Å². The SMILES string of the molecule is CC1=C(C)/C(=N\c2ccc(N3CCOCC3)cc2)C=CC1=O. The van der Waals surface area contributed by atoms with Crippen molar-refractivity contribution in [2.45, 2.75) is 13.8 Å². The van der Waals surface area contributed by atoms with Crippen molar-refractivity contribution in [3.63, 3.8) is 0 Å². The molecule has 0 saturated carbocycles. The lowest BCUT2D eigenvalue weighted by atomic mass is 9.97. The lowest BCUT2D eigenvalue weighted by Gasteiger charge is -2.28. The molecule has 0 radical (unpaired) electrons. The number of allylic oxidation sites excluding steroid dienone is 4. The fraction of sp³-hybridized carbons (Fsp3) is 0.333. The van der Waals surface area contributed by atoms with E-state index in [2.05, 4.69) is 22.0 Å².